The Morgan fingerprint density at radius 3 is 2.71 bits per heavy atom. The number of hydrogen-bond donors (Lipinski definition) is 2. The summed E-state index contributed by atoms with van der Waals surface area (Å²) in [7, 11) is 1.61. The Bertz CT molecular complexity index is 510. The predicted molar refractivity (Wildman–Crippen MR) is 87.0 cm³/mol. The van der Waals surface area contributed by atoms with E-state index in [1.54, 1.807) is 7.11 Å². The van der Waals surface area contributed by atoms with Gasteiger partial charge in [-0.2, -0.15) is 0 Å². The molecule has 2 N–H and O–H groups in total. The van der Waals surface area contributed by atoms with Crippen LogP contribution in [0.3, 0.4) is 0 Å². The molecule has 0 saturated heterocycles. The summed E-state index contributed by atoms with van der Waals surface area (Å²) in [6, 6.07) is 3.94. The number of hydrogen-bond acceptors (Lipinski definition) is 3. The number of allylic oxidation sites excluding steroid dienone is 2. The Kier molecular flexibility index (Phi) is 5.29. The van der Waals surface area contributed by atoms with E-state index < -0.39 is 0 Å². The number of phenols is 1. The third kappa shape index (κ3) is 2.93. The maximum absolute atomic E-state index is 10.6. The second-order valence-corrected chi connectivity index (χ2v) is 5.53. The van der Waals surface area contributed by atoms with Gasteiger partial charge in [-0.15, -0.1) is 0 Å². The third-order valence-corrected chi connectivity index (χ3v) is 4.44. The topological polar surface area (TPSA) is 41.5 Å². The summed E-state index contributed by atoms with van der Waals surface area (Å²) >= 11 is 0. The van der Waals surface area contributed by atoms with Crippen molar-refractivity contribution in [3.05, 3.63) is 35.4 Å². The molecule has 0 bridgehead atoms. The molecule has 3 heteroatoms. The summed E-state index contributed by atoms with van der Waals surface area (Å²) < 4.78 is 5.29. The molecule has 0 aromatic heterocycles. The van der Waals surface area contributed by atoms with Gasteiger partial charge in [0.05, 0.1) is 7.11 Å². The van der Waals surface area contributed by atoms with Gasteiger partial charge in [0.25, 0.3) is 0 Å². The number of ether oxygens (including phenoxy) is 1. The molecule has 1 aliphatic heterocycles. The van der Waals surface area contributed by atoms with Crippen molar-refractivity contribution in [2.75, 3.05) is 13.7 Å². The summed E-state index contributed by atoms with van der Waals surface area (Å²) in [4.78, 5) is 0. The highest BCUT2D eigenvalue weighted by molar-refractivity contribution is 5.56. The van der Waals surface area contributed by atoms with Crippen molar-refractivity contribution in [1.29, 1.82) is 0 Å². The van der Waals surface area contributed by atoms with Crippen molar-refractivity contribution in [2.24, 2.45) is 0 Å². The Labute approximate surface area is 128 Å². The third-order valence-electron chi connectivity index (χ3n) is 4.44. The summed E-state index contributed by atoms with van der Waals surface area (Å²) in [5.41, 5.74) is 2.26. The van der Waals surface area contributed by atoms with E-state index in [1.165, 1.54) is 12.0 Å². The van der Waals surface area contributed by atoms with E-state index in [0.29, 0.717) is 11.5 Å². The van der Waals surface area contributed by atoms with Crippen molar-refractivity contribution in [2.45, 2.75) is 51.5 Å². The summed E-state index contributed by atoms with van der Waals surface area (Å²) in [5, 5.41) is 14.0. The van der Waals surface area contributed by atoms with Crippen LogP contribution in [0.1, 0.15) is 50.7 Å². The lowest BCUT2D eigenvalue weighted by atomic mass is 9.70. The Morgan fingerprint density at radius 1 is 1.24 bits per heavy atom. The van der Waals surface area contributed by atoms with E-state index in [9.17, 15) is 5.11 Å². The monoisotopic (exact) mass is 289 g/mol. The maximum Gasteiger partial charge on any atom is 0.162 e. The van der Waals surface area contributed by atoms with E-state index in [4.69, 9.17) is 4.74 Å². The van der Waals surface area contributed by atoms with Crippen LogP contribution in [0.5, 0.6) is 11.5 Å². The number of rotatable bonds is 1. The van der Waals surface area contributed by atoms with Crippen LogP contribution >= 0.6 is 0 Å². The molecule has 116 valence electrons. The minimum Gasteiger partial charge on any atom is -0.504 e. The van der Waals surface area contributed by atoms with Gasteiger partial charge < -0.3 is 15.2 Å². The summed E-state index contributed by atoms with van der Waals surface area (Å²) in [6.07, 6.45) is 9.05. The highest BCUT2D eigenvalue weighted by Gasteiger charge is 2.37. The fraction of sp³-hybridized carbons (Fsp3) is 0.556. The first kappa shape index (κ1) is 15.9. The molecule has 0 radical (unpaired) electrons. The molecule has 1 aliphatic carbocycles. The van der Waals surface area contributed by atoms with Gasteiger partial charge in [0, 0.05) is 17.5 Å². The number of methoxy groups -OCH3 is 1. The standard InChI is InChI=1S/C16H21NO2.C2H6/c1-19-13-6-5-12-11-17-10-9-16(14(12)15(13)18)7-3-2-4-8-16;1-2/h3,5-7,17-18H,2,4,8-11H2,1H3;1-2H3. The molecule has 0 saturated carbocycles. The molecule has 3 nitrogen and oxygen atoms in total. The van der Waals surface area contributed by atoms with Crippen LogP contribution < -0.4 is 10.1 Å². The minimum atomic E-state index is -0.0181. The normalized spacial score (nSPS) is 23.8. The van der Waals surface area contributed by atoms with Crippen molar-refractivity contribution in [3.63, 3.8) is 0 Å². The summed E-state index contributed by atoms with van der Waals surface area (Å²) in [5.74, 6) is 0.911. The molecular formula is C18H27NO2. The van der Waals surface area contributed by atoms with Gasteiger partial charge >= 0.3 is 0 Å². The lowest BCUT2D eigenvalue weighted by molar-refractivity contribution is 0.353. The van der Waals surface area contributed by atoms with E-state index in [0.717, 1.165) is 37.9 Å². The Balaban J connectivity index is 0.000000774. The molecular weight excluding hydrogens is 262 g/mol. The highest BCUT2D eigenvalue weighted by Crippen LogP contribution is 2.47. The van der Waals surface area contributed by atoms with Crippen molar-refractivity contribution >= 4 is 0 Å². The van der Waals surface area contributed by atoms with E-state index in [-0.39, 0.29) is 5.41 Å². The Morgan fingerprint density at radius 2 is 2.05 bits per heavy atom. The SMILES string of the molecule is CC.COc1ccc2c(c1O)C1(C=CCCC1)CCNC2. The van der Waals surface area contributed by atoms with Crippen LogP contribution in [0.15, 0.2) is 24.3 Å². The quantitative estimate of drug-likeness (QED) is 0.770. The average Bonchev–Trinajstić information content (AvgIpc) is 2.71. The summed E-state index contributed by atoms with van der Waals surface area (Å²) in [6.45, 7) is 5.81. The van der Waals surface area contributed by atoms with Gasteiger partial charge in [0.2, 0.25) is 0 Å². The lowest BCUT2D eigenvalue weighted by Crippen LogP contribution is -2.28. The van der Waals surface area contributed by atoms with Crippen molar-refractivity contribution < 1.29 is 9.84 Å². The van der Waals surface area contributed by atoms with E-state index >= 15 is 0 Å². The van der Waals surface area contributed by atoms with Gasteiger partial charge in [-0.05, 0) is 43.9 Å². The molecule has 3 rings (SSSR count). The van der Waals surface area contributed by atoms with Crippen molar-refractivity contribution in [1.82, 2.24) is 5.32 Å². The lowest BCUT2D eigenvalue weighted by Gasteiger charge is -2.34. The van der Waals surface area contributed by atoms with Gasteiger partial charge in [-0.3, -0.25) is 0 Å². The van der Waals surface area contributed by atoms with Gasteiger partial charge in [-0.25, -0.2) is 0 Å². The molecule has 1 spiro atoms. The number of nitrogens with one attached hydrogen (secondary N) is 1. The molecule has 21 heavy (non-hydrogen) atoms. The van der Waals surface area contributed by atoms with Crippen LogP contribution in [-0.4, -0.2) is 18.8 Å². The fourth-order valence-corrected chi connectivity index (χ4v) is 3.49. The smallest absolute Gasteiger partial charge is 0.162 e. The van der Waals surface area contributed by atoms with Gasteiger partial charge in [0.15, 0.2) is 11.5 Å². The zero-order valence-corrected chi connectivity index (χ0v) is 13.4. The number of benzene rings is 1. The average molecular weight is 289 g/mol. The van der Waals surface area contributed by atoms with E-state index in [2.05, 4.69) is 23.5 Å². The van der Waals surface area contributed by atoms with Crippen LogP contribution in [0.25, 0.3) is 0 Å². The number of phenolic OH excluding ortho intramolecular Hbond substituents is 1. The van der Waals surface area contributed by atoms with Crippen LogP contribution in [0, 0.1) is 0 Å². The molecule has 2 aliphatic rings. The van der Waals surface area contributed by atoms with Crippen LogP contribution in [-0.2, 0) is 12.0 Å². The molecule has 1 atom stereocenters. The highest BCUT2D eigenvalue weighted by atomic mass is 16.5. The largest absolute Gasteiger partial charge is 0.504 e. The molecule has 0 amide bonds. The molecule has 1 unspecified atom stereocenters. The first-order valence-electron chi connectivity index (χ1n) is 8.04. The van der Waals surface area contributed by atoms with Gasteiger partial charge in [0.1, 0.15) is 0 Å². The number of aromatic hydroxyl groups is 1. The van der Waals surface area contributed by atoms with Crippen LogP contribution in [0.4, 0.5) is 0 Å². The molecule has 1 aromatic rings. The van der Waals surface area contributed by atoms with Crippen molar-refractivity contribution in [3.8, 4) is 11.5 Å². The molecule has 1 heterocycles. The second-order valence-electron chi connectivity index (χ2n) is 5.53. The van der Waals surface area contributed by atoms with Crippen LogP contribution in [0.2, 0.25) is 0 Å². The number of fused-ring (bicyclic) bond motifs is 2. The maximum atomic E-state index is 10.6. The zero-order valence-electron chi connectivity index (χ0n) is 13.4. The minimum absolute atomic E-state index is 0.0181. The fourth-order valence-electron chi connectivity index (χ4n) is 3.49. The van der Waals surface area contributed by atoms with Gasteiger partial charge in [-0.1, -0.05) is 32.1 Å². The van der Waals surface area contributed by atoms with E-state index in [1.807, 2.05) is 19.9 Å². The Hall–Kier alpha value is -1.48. The molecule has 1 aromatic carbocycles. The first-order chi connectivity index (χ1) is 10.3. The molecule has 0 fully saturated rings. The predicted octanol–water partition coefficient (Wildman–Crippen LogP) is 3.90. The zero-order chi connectivity index (χ0) is 15.3. The second kappa shape index (κ2) is 6.99. The first-order valence-corrected chi connectivity index (χ1v) is 8.04.